The molecule has 7 heteroatoms. The van der Waals surface area contributed by atoms with Crippen LogP contribution >= 0.6 is 0 Å². The van der Waals surface area contributed by atoms with Crippen LogP contribution in [0.15, 0.2) is 30.6 Å². The smallest absolute Gasteiger partial charge is 0.356 e. The van der Waals surface area contributed by atoms with Gasteiger partial charge in [-0.2, -0.15) is 5.26 Å². The molecule has 0 saturated carbocycles. The third kappa shape index (κ3) is 2.81. The van der Waals surface area contributed by atoms with E-state index in [-0.39, 0.29) is 22.9 Å². The molecule has 0 aliphatic rings. The summed E-state index contributed by atoms with van der Waals surface area (Å²) >= 11 is 0. The molecule has 2 aromatic rings. The first-order valence-electron chi connectivity index (χ1n) is 5.03. The number of carboxylic acids is 1. The van der Waals surface area contributed by atoms with Gasteiger partial charge in [-0.1, -0.05) is 0 Å². The lowest BCUT2D eigenvalue weighted by Gasteiger charge is -2.05. The summed E-state index contributed by atoms with van der Waals surface area (Å²) in [5.74, 6) is -1.97. The van der Waals surface area contributed by atoms with Crippen molar-refractivity contribution in [2.45, 2.75) is 0 Å². The van der Waals surface area contributed by atoms with E-state index in [1.54, 1.807) is 6.07 Å². The highest BCUT2D eigenvalue weighted by Gasteiger charge is 2.09. The molecule has 1 aromatic heterocycles. The van der Waals surface area contributed by atoms with Gasteiger partial charge in [0.2, 0.25) is 5.88 Å². The van der Waals surface area contributed by atoms with Gasteiger partial charge in [0.05, 0.1) is 18.0 Å². The number of benzene rings is 1. The molecule has 19 heavy (non-hydrogen) atoms. The van der Waals surface area contributed by atoms with Crippen molar-refractivity contribution in [2.75, 3.05) is 0 Å². The van der Waals surface area contributed by atoms with E-state index >= 15 is 0 Å². The fourth-order valence-corrected chi connectivity index (χ4v) is 1.27. The Morgan fingerprint density at radius 3 is 2.84 bits per heavy atom. The lowest BCUT2D eigenvalue weighted by atomic mass is 10.2. The largest absolute Gasteiger partial charge is 0.476 e. The molecule has 0 unspecified atom stereocenters. The minimum atomic E-state index is -1.25. The molecular formula is C12H6FN3O3. The summed E-state index contributed by atoms with van der Waals surface area (Å²) in [7, 11) is 0. The minimum Gasteiger partial charge on any atom is -0.476 e. The van der Waals surface area contributed by atoms with Crippen LogP contribution in [0.3, 0.4) is 0 Å². The maximum absolute atomic E-state index is 13.3. The summed E-state index contributed by atoms with van der Waals surface area (Å²) in [6.07, 6.45) is 2.26. The molecule has 0 fully saturated rings. The van der Waals surface area contributed by atoms with Crippen LogP contribution in [0, 0.1) is 17.1 Å². The van der Waals surface area contributed by atoms with Crippen LogP contribution in [-0.2, 0) is 0 Å². The number of nitriles is 1. The lowest BCUT2D eigenvalue weighted by molar-refractivity contribution is 0.0689. The van der Waals surface area contributed by atoms with Gasteiger partial charge in [0, 0.05) is 6.07 Å². The Hall–Kier alpha value is -3.01. The second-order valence-corrected chi connectivity index (χ2v) is 3.40. The predicted octanol–water partition coefficient (Wildman–Crippen LogP) is 1.98. The van der Waals surface area contributed by atoms with Crippen molar-refractivity contribution in [1.29, 1.82) is 5.26 Å². The molecule has 94 valence electrons. The zero-order valence-electron chi connectivity index (χ0n) is 9.37. The van der Waals surface area contributed by atoms with E-state index in [0.717, 1.165) is 12.3 Å². The van der Waals surface area contributed by atoms with E-state index in [1.165, 1.54) is 18.3 Å². The second kappa shape index (κ2) is 5.10. The molecule has 0 aliphatic carbocycles. The highest BCUT2D eigenvalue weighted by molar-refractivity contribution is 5.84. The van der Waals surface area contributed by atoms with E-state index in [2.05, 4.69) is 9.97 Å². The maximum atomic E-state index is 13.3. The van der Waals surface area contributed by atoms with Gasteiger partial charge < -0.3 is 9.84 Å². The van der Waals surface area contributed by atoms with Gasteiger partial charge >= 0.3 is 5.97 Å². The summed E-state index contributed by atoms with van der Waals surface area (Å²) in [6.45, 7) is 0. The number of carbonyl (C=O) groups is 1. The van der Waals surface area contributed by atoms with Gasteiger partial charge in [-0.05, 0) is 12.1 Å². The highest BCUT2D eigenvalue weighted by Crippen LogP contribution is 2.21. The second-order valence-electron chi connectivity index (χ2n) is 3.40. The Labute approximate surface area is 106 Å². The fraction of sp³-hybridized carbons (Fsp3) is 0. The minimum absolute atomic E-state index is 0.0796. The molecular weight excluding hydrogens is 253 g/mol. The molecule has 0 atom stereocenters. The van der Waals surface area contributed by atoms with Crippen molar-refractivity contribution in [3.63, 3.8) is 0 Å². The number of carboxylic acid groups (broad SMARTS) is 1. The number of hydrogen-bond acceptors (Lipinski definition) is 5. The molecule has 0 saturated heterocycles. The van der Waals surface area contributed by atoms with Crippen LogP contribution in [0.25, 0.3) is 0 Å². The molecule has 0 spiro atoms. The van der Waals surface area contributed by atoms with Crippen molar-refractivity contribution in [1.82, 2.24) is 9.97 Å². The van der Waals surface area contributed by atoms with Crippen LogP contribution in [0.1, 0.15) is 16.1 Å². The van der Waals surface area contributed by atoms with Crippen LogP contribution in [-0.4, -0.2) is 21.0 Å². The Morgan fingerprint density at radius 2 is 2.21 bits per heavy atom. The van der Waals surface area contributed by atoms with E-state index in [9.17, 15) is 9.18 Å². The molecule has 0 bridgehead atoms. The normalized spacial score (nSPS) is 9.68. The summed E-state index contributed by atoms with van der Waals surface area (Å²) < 4.78 is 18.5. The van der Waals surface area contributed by atoms with E-state index in [1.807, 2.05) is 0 Å². The van der Waals surface area contributed by atoms with Crippen LogP contribution < -0.4 is 4.74 Å². The number of aromatic carboxylic acids is 1. The average Bonchev–Trinajstić information content (AvgIpc) is 2.39. The molecule has 1 heterocycles. The standard InChI is InChI=1S/C12H6FN3O3/c13-9-3-8(2-1-7(9)4-14)19-11-6-15-5-10(16-11)12(17)18/h1-3,5-6H,(H,17,18). The molecule has 1 aromatic carbocycles. The number of halogens is 1. The third-order valence-electron chi connectivity index (χ3n) is 2.11. The first-order valence-corrected chi connectivity index (χ1v) is 5.03. The Kier molecular flexibility index (Phi) is 3.34. The SMILES string of the molecule is N#Cc1ccc(Oc2cncc(C(=O)O)n2)cc1F. The van der Waals surface area contributed by atoms with Crippen molar-refractivity contribution in [2.24, 2.45) is 0 Å². The Morgan fingerprint density at radius 1 is 1.42 bits per heavy atom. The molecule has 2 rings (SSSR count). The number of aromatic nitrogens is 2. The van der Waals surface area contributed by atoms with Crippen molar-refractivity contribution < 1.29 is 19.0 Å². The predicted molar refractivity (Wildman–Crippen MR) is 60.2 cm³/mol. The molecule has 1 N–H and O–H groups in total. The number of rotatable bonds is 3. The molecule has 0 aliphatic heterocycles. The molecule has 0 radical (unpaired) electrons. The van der Waals surface area contributed by atoms with Gasteiger partial charge in [-0.25, -0.2) is 14.2 Å². The van der Waals surface area contributed by atoms with Crippen molar-refractivity contribution in [3.05, 3.63) is 47.7 Å². The molecule has 6 nitrogen and oxygen atoms in total. The van der Waals surface area contributed by atoms with E-state index < -0.39 is 11.8 Å². The monoisotopic (exact) mass is 259 g/mol. The molecule has 0 amide bonds. The summed E-state index contributed by atoms with van der Waals surface area (Å²) in [5.41, 5.74) is -0.399. The number of nitrogens with zero attached hydrogens (tertiary/aromatic N) is 3. The maximum Gasteiger partial charge on any atom is 0.356 e. The van der Waals surface area contributed by atoms with E-state index in [4.69, 9.17) is 15.1 Å². The third-order valence-corrected chi connectivity index (χ3v) is 2.11. The van der Waals surface area contributed by atoms with Crippen LogP contribution in [0.2, 0.25) is 0 Å². The van der Waals surface area contributed by atoms with Gasteiger partial charge in [0.1, 0.15) is 17.6 Å². The van der Waals surface area contributed by atoms with Crippen molar-refractivity contribution >= 4 is 5.97 Å². The van der Waals surface area contributed by atoms with Crippen LogP contribution in [0.4, 0.5) is 4.39 Å². The quantitative estimate of drug-likeness (QED) is 0.905. The summed E-state index contributed by atoms with van der Waals surface area (Å²) in [5, 5.41) is 17.3. The fourth-order valence-electron chi connectivity index (χ4n) is 1.27. The topological polar surface area (TPSA) is 96.1 Å². The lowest BCUT2D eigenvalue weighted by Crippen LogP contribution is -2.02. The summed E-state index contributed by atoms with van der Waals surface area (Å²) in [4.78, 5) is 18.0. The number of ether oxygens (including phenoxy) is 1. The van der Waals surface area contributed by atoms with Gasteiger partial charge in [0.25, 0.3) is 0 Å². The van der Waals surface area contributed by atoms with Crippen LogP contribution in [0.5, 0.6) is 11.6 Å². The first kappa shape index (κ1) is 12.4. The summed E-state index contributed by atoms with van der Waals surface area (Å²) in [6, 6.07) is 5.30. The zero-order valence-corrected chi connectivity index (χ0v) is 9.37. The van der Waals surface area contributed by atoms with Gasteiger partial charge in [-0.3, -0.25) is 4.98 Å². The Balaban J connectivity index is 2.26. The number of hydrogen-bond donors (Lipinski definition) is 1. The Bertz CT molecular complexity index is 682. The van der Waals surface area contributed by atoms with Gasteiger partial charge in [0.15, 0.2) is 5.69 Å². The first-order chi connectivity index (χ1) is 9.10. The highest BCUT2D eigenvalue weighted by atomic mass is 19.1. The average molecular weight is 259 g/mol. The van der Waals surface area contributed by atoms with E-state index in [0.29, 0.717) is 0 Å². The van der Waals surface area contributed by atoms with Crippen molar-refractivity contribution in [3.8, 4) is 17.7 Å². The zero-order chi connectivity index (χ0) is 13.8. The van der Waals surface area contributed by atoms with Gasteiger partial charge in [-0.15, -0.1) is 0 Å².